The zero-order chi connectivity index (χ0) is 45.1. The molecule has 0 aromatic rings. The van der Waals surface area contributed by atoms with Crippen molar-refractivity contribution in [3.05, 3.63) is 109 Å². The number of phosphoric ester groups is 1. The number of carboxylic acids is 1. The molecule has 0 bridgehead atoms. The fraction of sp³-hybridized carbons (Fsp3) is 0.562. The van der Waals surface area contributed by atoms with Gasteiger partial charge in [0, 0.05) is 12.8 Å². The van der Waals surface area contributed by atoms with E-state index in [1.165, 1.54) is 19.3 Å². The highest BCUT2D eigenvalue weighted by molar-refractivity contribution is 7.47. The maximum Gasteiger partial charge on any atom is 0.472 e. The lowest BCUT2D eigenvalue weighted by molar-refractivity contribution is -0.161. The number of carbonyl (C=O) groups is 3. The number of aliphatic carboxylic acids is 1. The molecule has 4 atom stereocenters. The first kappa shape index (κ1) is 57.1. The maximum atomic E-state index is 12.6. The van der Waals surface area contributed by atoms with Gasteiger partial charge in [0.25, 0.3) is 0 Å². The molecule has 13 heteroatoms. The van der Waals surface area contributed by atoms with E-state index in [1.54, 1.807) is 6.08 Å². The number of hydrogen-bond donors (Lipinski definition) is 4. The van der Waals surface area contributed by atoms with Gasteiger partial charge in [0.05, 0.1) is 19.3 Å². The van der Waals surface area contributed by atoms with Gasteiger partial charge in [-0.2, -0.15) is 0 Å². The van der Waals surface area contributed by atoms with E-state index in [-0.39, 0.29) is 12.8 Å². The van der Waals surface area contributed by atoms with Crippen LogP contribution in [0.15, 0.2) is 109 Å². The Labute approximate surface area is 366 Å². The Bertz CT molecular complexity index is 1460. The van der Waals surface area contributed by atoms with Crippen molar-refractivity contribution in [2.45, 2.75) is 154 Å². The summed E-state index contributed by atoms with van der Waals surface area (Å²) in [6, 6.07) is -1.55. The Morgan fingerprint density at radius 1 is 0.607 bits per heavy atom. The van der Waals surface area contributed by atoms with Crippen LogP contribution < -0.4 is 5.73 Å². The third-order valence-corrected chi connectivity index (χ3v) is 9.55. The molecular formula is C48H76NO11P. The van der Waals surface area contributed by atoms with E-state index in [0.29, 0.717) is 25.7 Å². The number of esters is 2. The largest absolute Gasteiger partial charge is 0.480 e. The Kier molecular flexibility index (Phi) is 38.8. The number of aliphatic hydroxyl groups is 1. The van der Waals surface area contributed by atoms with Crippen molar-refractivity contribution in [2.24, 2.45) is 5.73 Å². The fourth-order valence-corrected chi connectivity index (χ4v) is 5.90. The van der Waals surface area contributed by atoms with E-state index in [9.17, 15) is 28.9 Å². The molecular weight excluding hydrogens is 797 g/mol. The smallest absolute Gasteiger partial charge is 0.472 e. The molecule has 0 aromatic heterocycles. The molecule has 61 heavy (non-hydrogen) atoms. The number of phosphoric acid groups is 1. The van der Waals surface area contributed by atoms with Gasteiger partial charge in [-0.25, -0.2) is 4.57 Å². The standard InChI is InChI=1S/C48H76NO11P/c1-3-5-7-8-9-10-11-12-13-14-15-18-22-25-28-31-35-39-47(52)60-44(41-58-61(55,56)59-42-45(49)48(53)54)40-57-46(51)38-34-30-27-24-21-19-16-17-20-23-26-29-33-37-43(50)36-32-6-4-2/h6,9-10,12-13,15,17-21,26-27,29-30,32-33,37,43-45,50H,3-5,7-8,11,14,16,22-25,28,31,34-36,38-42,49H2,1-2H3,(H,53,54)(H,55,56)/b10-9-,13-12-,18-15-,20-17-,21-19-,29-26+,30-27-,32-6-,37-33+/t43?,44-,45+/m1/s1. The van der Waals surface area contributed by atoms with Crippen LogP contribution in [-0.2, 0) is 37.5 Å². The number of unbranched alkanes of at least 4 members (excludes halogenated alkanes) is 7. The van der Waals surface area contributed by atoms with Crippen LogP contribution >= 0.6 is 7.82 Å². The molecule has 0 spiro atoms. The number of hydrogen-bond acceptors (Lipinski definition) is 10. The summed E-state index contributed by atoms with van der Waals surface area (Å²) in [6.45, 7) is 2.44. The monoisotopic (exact) mass is 874 g/mol. The first-order valence-corrected chi connectivity index (χ1v) is 23.5. The Morgan fingerprint density at radius 2 is 1.15 bits per heavy atom. The van der Waals surface area contributed by atoms with Crippen molar-refractivity contribution in [3.63, 3.8) is 0 Å². The summed E-state index contributed by atoms with van der Waals surface area (Å²) >= 11 is 0. The molecule has 0 fully saturated rings. The fourth-order valence-electron chi connectivity index (χ4n) is 5.12. The summed E-state index contributed by atoms with van der Waals surface area (Å²) in [4.78, 5) is 46.0. The molecule has 2 unspecified atom stereocenters. The Hall–Kier alpha value is -3.90. The molecule has 0 rings (SSSR count). The van der Waals surface area contributed by atoms with Gasteiger partial charge in [-0.15, -0.1) is 0 Å². The van der Waals surface area contributed by atoms with E-state index in [2.05, 4.69) is 73.1 Å². The van der Waals surface area contributed by atoms with Gasteiger partial charge in [0.2, 0.25) is 0 Å². The van der Waals surface area contributed by atoms with Crippen LogP contribution in [-0.4, -0.2) is 71.1 Å². The highest BCUT2D eigenvalue weighted by Crippen LogP contribution is 2.43. The molecule has 0 aliphatic heterocycles. The molecule has 0 saturated carbocycles. The predicted molar refractivity (Wildman–Crippen MR) is 246 cm³/mol. The van der Waals surface area contributed by atoms with Gasteiger partial charge in [-0.1, -0.05) is 149 Å². The molecule has 12 nitrogen and oxygen atoms in total. The van der Waals surface area contributed by atoms with Crippen molar-refractivity contribution in [1.29, 1.82) is 0 Å². The van der Waals surface area contributed by atoms with Crippen LogP contribution in [0.25, 0.3) is 0 Å². The number of rotatable bonds is 39. The maximum absolute atomic E-state index is 12.6. The summed E-state index contributed by atoms with van der Waals surface area (Å²) < 4.78 is 32.6. The lowest BCUT2D eigenvalue weighted by Gasteiger charge is -2.20. The van der Waals surface area contributed by atoms with Crippen molar-refractivity contribution < 1.29 is 52.6 Å². The van der Waals surface area contributed by atoms with Gasteiger partial charge >= 0.3 is 25.7 Å². The predicted octanol–water partition coefficient (Wildman–Crippen LogP) is 10.8. The highest BCUT2D eigenvalue weighted by atomic mass is 31.2. The molecule has 0 amide bonds. The minimum atomic E-state index is -4.76. The number of carboxylic acid groups (broad SMARTS) is 1. The van der Waals surface area contributed by atoms with Crippen LogP contribution in [0.5, 0.6) is 0 Å². The lowest BCUT2D eigenvalue weighted by atomic mass is 10.1. The third-order valence-electron chi connectivity index (χ3n) is 8.60. The second-order valence-corrected chi connectivity index (χ2v) is 15.7. The minimum Gasteiger partial charge on any atom is -0.480 e. The zero-order valence-electron chi connectivity index (χ0n) is 36.8. The van der Waals surface area contributed by atoms with E-state index in [1.807, 2.05) is 48.6 Å². The molecule has 0 aliphatic rings. The van der Waals surface area contributed by atoms with Crippen molar-refractivity contribution in [3.8, 4) is 0 Å². The van der Waals surface area contributed by atoms with Gasteiger partial charge in [-0.05, 0) is 83.5 Å². The second kappa shape index (κ2) is 41.5. The van der Waals surface area contributed by atoms with Crippen LogP contribution in [0.1, 0.15) is 136 Å². The minimum absolute atomic E-state index is 0.0689. The van der Waals surface area contributed by atoms with Gasteiger partial charge in [-0.3, -0.25) is 23.4 Å². The van der Waals surface area contributed by atoms with Gasteiger partial charge in [0.1, 0.15) is 12.6 Å². The third kappa shape index (κ3) is 41.2. The van der Waals surface area contributed by atoms with E-state index >= 15 is 0 Å². The number of nitrogens with two attached hydrogens (primary N) is 1. The van der Waals surface area contributed by atoms with Crippen LogP contribution in [0.3, 0.4) is 0 Å². The van der Waals surface area contributed by atoms with E-state index in [0.717, 1.165) is 64.2 Å². The summed E-state index contributed by atoms with van der Waals surface area (Å²) in [5, 5.41) is 18.7. The van der Waals surface area contributed by atoms with Crippen molar-refractivity contribution in [1.82, 2.24) is 0 Å². The first-order valence-electron chi connectivity index (χ1n) is 22.0. The van der Waals surface area contributed by atoms with E-state index < -0.39 is 63.8 Å². The molecule has 0 heterocycles. The van der Waals surface area contributed by atoms with E-state index in [4.69, 9.17) is 24.8 Å². The molecule has 0 aromatic carbocycles. The van der Waals surface area contributed by atoms with Crippen molar-refractivity contribution in [2.75, 3.05) is 19.8 Å². The van der Waals surface area contributed by atoms with Gasteiger partial charge < -0.3 is 30.3 Å². The summed E-state index contributed by atoms with van der Waals surface area (Å²) in [7, 11) is -4.76. The molecule has 0 radical (unpaired) electrons. The summed E-state index contributed by atoms with van der Waals surface area (Å²) in [6.07, 6.45) is 50.6. The van der Waals surface area contributed by atoms with Crippen molar-refractivity contribution >= 4 is 25.7 Å². The number of carbonyl (C=O) groups excluding carboxylic acids is 2. The summed E-state index contributed by atoms with van der Waals surface area (Å²) in [5.74, 6) is -2.56. The second-order valence-electron chi connectivity index (χ2n) is 14.3. The van der Waals surface area contributed by atoms with Crippen LogP contribution in [0, 0.1) is 0 Å². The highest BCUT2D eigenvalue weighted by Gasteiger charge is 2.28. The normalized spacial score (nSPS) is 15.2. The Balaban J connectivity index is 4.58. The number of ether oxygens (including phenoxy) is 2. The first-order chi connectivity index (χ1) is 29.5. The van der Waals surface area contributed by atoms with Crippen LogP contribution in [0.4, 0.5) is 0 Å². The van der Waals surface area contributed by atoms with Gasteiger partial charge in [0.15, 0.2) is 6.10 Å². The SMILES string of the molecule is CC/C=C\CC(O)/C=C/C=C/C/C=C\C/C=C\C/C=C\CCC(=O)OC[C@H](COP(=O)(O)OC[C@H](N)C(=O)O)OC(=O)CCCCCC/C=C\C/C=C\C/C=C\CCCCC. The van der Waals surface area contributed by atoms with Crippen LogP contribution in [0.2, 0.25) is 0 Å². The number of aliphatic hydroxyl groups excluding tert-OH is 1. The topological polar surface area (TPSA) is 192 Å². The molecule has 5 N–H and O–H groups in total. The number of allylic oxidation sites excluding steroid dienone is 16. The average molecular weight is 874 g/mol. The summed E-state index contributed by atoms with van der Waals surface area (Å²) in [5.41, 5.74) is 5.32. The molecule has 0 saturated heterocycles. The lowest BCUT2D eigenvalue weighted by Crippen LogP contribution is -2.34. The Morgan fingerprint density at radius 3 is 1.74 bits per heavy atom. The quantitative estimate of drug-likeness (QED) is 0.0150. The zero-order valence-corrected chi connectivity index (χ0v) is 37.7. The average Bonchev–Trinajstić information content (AvgIpc) is 3.23. The molecule has 344 valence electrons. The molecule has 0 aliphatic carbocycles.